The number of aliphatic hydroxyl groups excluding tert-OH is 2. The summed E-state index contributed by atoms with van der Waals surface area (Å²) in [6.45, 7) is 3.54. The van der Waals surface area contributed by atoms with E-state index in [1.807, 2.05) is 13.8 Å². The van der Waals surface area contributed by atoms with Crippen LogP contribution in [0.1, 0.15) is 20.3 Å². The molecule has 0 aromatic carbocycles. The maximum atomic E-state index is 9.70. The first kappa shape index (κ1) is 10.3. The smallest absolute Gasteiger partial charge is 0.190 e. The van der Waals surface area contributed by atoms with Crippen LogP contribution < -0.4 is 0 Å². The first-order valence-electron chi connectivity index (χ1n) is 4.89. The van der Waals surface area contributed by atoms with E-state index < -0.39 is 30.4 Å². The highest BCUT2D eigenvalue weighted by Crippen LogP contribution is 2.38. The lowest BCUT2D eigenvalue weighted by Gasteiger charge is -2.24. The fourth-order valence-corrected chi connectivity index (χ4v) is 1.80. The Bertz CT molecular complexity index is 221. The van der Waals surface area contributed by atoms with Gasteiger partial charge in [0.15, 0.2) is 12.1 Å². The van der Waals surface area contributed by atoms with E-state index in [2.05, 4.69) is 0 Å². The Morgan fingerprint density at radius 2 is 2.07 bits per heavy atom. The van der Waals surface area contributed by atoms with Crippen molar-refractivity contribution in [1.29, 1.82) is 0 Å². The summed E-state index contributed by atoms with van der Waals surface area (Å²) in [4.78, 5) is 0. The van der Waals surface area contributed by atoms with Crippen molar-refractivity contribution in [2.24, 2.45) is 0 Å². The van der Waals surface area contributed by atoms with Gasteiger partial charge in [-0.3, -0.25) is 0 Å². The SMILES string of the molecule is CCC1(C)O[C@@H]2O[C@H](CO)[C@@H](O)[C@@H]2O1. The van der Waals surface area contributed by atoms with Crippen LogP contribution in [0.2, 0.25) is 0 Å². The number of rotatable bonds is 2. The second kappa shape index (κ2) is 3.43. The fraction of sp³-hybridized carbons (Fsp3) is 1.00. The highest BCUT2D eigenvalue weighted by molar-refractivity contribution is 4.93. The molecule has 0 amide bonds. The summed E-state index contributed by atoms with van der Waals surface area (Å²) in [5.74, 6) is -0.670. The molecule has 0 radical (unpaired) electrons. The predicted molar refractivity (Wildman–Crippen MR) is 46.4 cm³/mol. The third kappa shape index (κ3) is 1.45. The van der Waals surface area contributed by atoms with E-state index in [4.69, 9.17) is 19.3 Å². The Hall–Kier alpha value is -0.200. The zero-order valence-electron chi connectivity index (χ0n) is 8.34. The van der Waals surface area contributed by atoms with Crippen molar-refractivity contribution in [3.8, 4) is 0 Å². The Kier molecular flexibility index (Phi) is 2.53. The third-order valence-corrected chi connectivity index (χ3v) is 2.87. The highest BCUT2D eigenvalue weighted by atomic mass is 16.8. The van der Waals surface area contributed by atoms with E-state index >= 15 is 0 Å². The van der Waals surface area contributed by atoms with Crippen molar-refractivity contribution in [3.63, 3.8) is 0 Å². The summed E-state index contributed by atoms with van der Waals surface area (Å²) in [6, 6.07) is 0. The van der Waals surface area contributed by atoms with Gasteiger partial charge in [-0.25, -0.2) is 0 Å². The Labute approximate surface area is 82.6 Å². The lowest BCUT2D eigenvalue weighted by Crippen LogP contribution is -2.36. The molecular weight excluding hydrogens is 188 g/mol. The molecule has 82 valence electrons. The molecule has 2 aliphatic heterocycles. The second-order valence-corrected chi connectivity index (χ2v) is 3.90. The lowest BCUT2D eigenvalue weighted by atomic mass is 10.1. The van der Waals surface area contributed by atoms with Crippen molar-refractivity contribution in [2.75, 3.05) is 6.61 Å². The molecule has 0 aromatic heterocycles. The number of hydrogen-bond donors (Lipinski definition) is 2. The average Bonchev–Trinajstić information content (AvgIpc) is 2.64. The van der Waals surface area contributed by atoms with Crippen LogP contribution in [-0.4, -0.2) is 47.2 Å². The first-order chi connectivity index (χ1) is 6.59. The summed E-state index contributed by atoms with van der Waals surface area (Å²) >= 11 is 0. The van der Waals surface area contributed by atoms with E-state index in [0.29, 0.717) is 6.42 Å². The molecule has 2 N–H and O–H groups in total. The van der Waals surface area contributed by atoms with Crippen LogP contribution in [0.3, 0.4) is 0 Å². The number of hydrogen-bond acceptors (Lipinski definition) is 5. The first-order valence-corrected chi connectivity index (χ1v) is 4.89. The summed E-state index contributed by atoms with van der Waals surface area (Å²) in [6.07, 6.45) is -1.73. The van der Waals surface area contributed by atoms with Crippen LogP contribution in [0.4, 0.5) is 0 Å². The molecule has 2 heterocycles. The van der Waals surface area contributed by atoms with Gasteiger partial charge in [0.1, 0.15) is 18.3 Å². The predicted octanol–water partition coefficient (Wildman–Crippen LogP) is -0.394. The highest BCUT2D eigenvalue weighted by Gasteiger charge is 2.54. The van der Waals surface area contributed by atoms with Crippen molar-refractivity contribution in [2.45, 2.75) is 50.7 Å². The molecule has 0 aromatic rings. The van der Waals surface area contributed by atoms with Gasteiger partial charge in [0.25, 0.3) is 0 Å². The van der Waals surface area contributed by atoms with Gasteiger partial charge in [0.05, 0.1) is 6.61 Å². The van der Waals surface area contributed by atoms with Gasteiger partial charge in [0, 0.05) is 0 Å². The third-order valence-electron chi connectivity index (χ3n) is 2.87. The zero-order chi connectivity index (χ0) is 10.3. The number of aliphatic hydroxyl groups is 2. The minimum Gasteiger partial charge on any atom is -0.394 e. The van der Waals surface area contributed by atoms with Crippen LogP contribution in [-0.2, 0) is 14.2 Å². The Morgan fingerprint density at radius 3 is 2.57 bits per heavy atom. The van der Waals surface area contributed by atoms with Gasteiger partial charge in [0.2, 0.25) is 0 Å². The summed E-state index contributed by atoms with van der Waals surface area (Å²) in [5, 5.41) is 18.6. The molecule has 2 saturated heterocycles. The molecule has 5 heteroatoms. The van der Waals surface area contributed by atoms with E-state index in [0.717, 1.165) is 0 Å². The standard InChI is InChI=1S/C9H16O5/c1-3-9(2)13-7-6(11)5(4-10)12-8(7)14-9/h5-8,10-11H,3-4H2,1-2H3/t5-,6-,7+,8+,9?/m1/s1. The maximum absolute atomic E-state index is 9.70. The van der Waals surface area contributed by atoms with E-state index in [9.17, 15) is 5.11 Å². The maximum Gasteiger partial charge on any atom is 0.190 e. The van der Waals surface area contributed by atoms with Crippen LogP contribution in [0.5, 0.6) is 0 Å². The van der Waals surface area contributed by atoms with Gasteiger partial charge in [-0.2, -0.15) is 0 Å². The number of fused-ring (bicyclic) bond motifs is 1. The molecular formula is C9H16O5. The molecule has 1 unspecified atom stereocenters. The van der Waals surface area contributed by atoms with Crippen LogP contribution in [0.25, 0.3) is 0 Å². The quantitative estimate of drug-likeness (QED) is 0.641. The molecule has 2 aliphatic rings. The molecule has 0 aliphatic carbocycles. The minimum absolute atomic E-state index is 0.219. The van der Waals surface area contributed by atoms with Crippen molar-refractivity contribution in [1.82, 2.24) is 0 Å². The average molecular weight is 204 g/mol. The van der Waals surface area contributed by atoms with Gasteiger partial charge in [-0.15, -0.1) is 0 Å². The molecule has 0 saturated carbocycles. The molecule has 0 bridgehead atoms. The van der Waals surface area contributed by atoms with Crippen LogP contribution in [0.15, 0.2) is 0 Å². The van der Waals surface area contributed by atoms with Gasteiger partial charge in [-0.1, -0.05) is 6.92 Å². The largest absolute Gasteiger partial charge is 0.394 e. The van der Waals surface area contributed by atoms with Crippen LogP contribution >= 0.6 is 0 Å². The zero-order valence-corrected chi connectivity index (χ0v) is 8.34. The van der Waals surface area contributed by atoms with E-state index in [-0.39, 0.29) is 6.61 Å². The topological polar surface area (TPSA) is 68.2 Å². The second-order valence-electron chi connectivity index (χ2n) is 3.90. The molecule has 2 rings (SSSR count). The van der Waals surface area contributed by atoms with Crippen molar-refractivity contribution >= 4 is 0 Å². The van der Waals surface area contributed by atoms with Crippen molar-refractivity contribution in [3.05, 3.63) is 0 Å². The van der Waals surface area contributed by atoms with Gasteiger partial charge >= 0.3 is 0 Å². The van der Waals surface area contributed by atoms with Gasteiger partial charge < -0.3 is 24.4 Å². The molecule has 14 heavy (non-hydrogen) atoms. The van der Waals surface area contributed by atoms with Crippen LogP contribution in [0, 0.1) is 0 Å². The monoisotopic (exact) mass is 204 g/mol. The Morgan fingerprint density at radius 1 is 1.36 bits per heavy atom. The molecule has 5 nitrogen and oxygen atoms in total. The number of ether oxygens (including phenoxy) is 3. The van der Waals surface area contributed by atoms with E-state index in [1.54, 1.807) is 0 Å². The summed E-state index contributed by atoms with van der Waals surface area (Å²) < 4.78 is 16.4. The minimum atomic E-state index is -0.807. The molecule has 0 spiro atoms. The summed E-state index contributed by atoms with van der Waals surface area (Å²) in [5.41, 5.74) is 0. The summed E-state index contributed by atoms with van der Waals surface area (Å²) in [7, 11) is 0. The fourth-order valence-electron chi connectivity index (χ4n) is 1.80. The lowest BCUT2D eigenvalue weighted by molar-refractivity contribution is -0.228. The molecule has 5 atom stereocenters. The van der Waals surface area contributed by atoms with E-state index in [1.165, 1.54) is 0 Å². The Balaban J connectivity index is 2.05. The van der Waals surface area contributed by atoms with Crippen molar-refractivity contribution < 1.29 is 24.4 Å². The normalized spacial score (nSPS) is 52.3. The van der Waals surface area contributed by atoms with Gasteiger partial charge in [-0.05, 0) is 13.3 Å². The molecule has 2 fully saturated rings.